The fourth-order valence-electron chi connectivity index (χ4n) is 2.22. The molecule has 2 amide bonds. The van der Waals surface area contributed by atoms with Gasteiger partial charge in [-0.1, -0.05) is 18.2 Å². The first-order valence-electron chi connectivity index (χ1n) is 7.96. The van der Waals surface area contributed by atoms with E-state index in [0.29, 0.717) is 29.1 Å². The topological polar surface area (TPSA) is 67.4 Å². The standard InChI is InChI=1S/C19H22N2O3/c1-4-20-19(23)16-10-5-6-11-17(16)21-18(22)14-8-7-9-15(12-14)24-13(2)3/h5-13H,4H2,1-3H3,(H,20,23)(H,21,22). The van der Waals surface area contributed by atoms with Crippen molar-refractivity contribution in [3.63, 3.8) is 0 Å². The molecule has 5 heteroatoms. The maximum Gasteiger partial charge on any atom is 0.255 e. The Balaban J connectivity index is 2.20. The van der Waals surface area contributed by atoms with Crippen molar-refractivity contribution in [3.05, 3.63) is 59.7 Å². The molecular formula is C19H22N2O3. The van der Waals surface area contributed by atoms with Crippen molar-refractivity contribution in [1.82, 2.24) is 5.32 Å². The highest BCUT2D eigenvalue weighted by molar-refractivity contribution is 6.09. The highest BCUT2D eigenvalue weighted by atomic mass is 16.5. The molecule has 24 heavy (non-hydrogen) atoms. The Morgan fingerprint density at radius 1 is 1.04 bits per heavy atom. The molecule has 2 aromatic rings. The summed E-state index contributed by atoms with van der Waals surface area (Å²) in [5, 5.41) is 5.53. The van der Waals surface area contributed by atoms with Crippen LogP contribution in [0.5, 0.6) is 5.75 Å². The van der Waals surface area contributed by atoms with E-state index in [4.69, 9.17) is 4.74 Å². The van der Waals surface area contributed by atoms with E-state index in [0.717, 1.165) is 0 Å². The molecule has 0 spiro atoms. The van der Waals surface area contributed by atoms with Crippen LogP contribution < -0.4 is 15.4 Å². The van der Waals surface area contributed by atoms with Crippen molar-refractivity contribution < 1.29 is 14.3 Å². The molecule has 2 N–H and O–H groups in total. The molecule has 0 atom stereocenters. The van der Waals surface area contributed by atoms with Crippen molar-refractivity contribution in [2.24, 2.45) is 0 Å². The molecule has 126 valence electrons. The number of benzene rings is 2. The minimum atomic E-state index is -0.291. The van der Waals surface area contributed by atoms with E-state index < -0.39 is 0 Å². The Bertz CT molecular complexity index is 726. The molecule has 0 aromatic heterocycles. The van der Waals surface area contributed by atoms with Crippen molar-refractivity contribution in [2.45, 2.75) is 26.9 Å². The Hall–Kier alpha value is -2.82. The third-order valence-electron chi connectivity index (χ3n) is 3.23. The first kappa shape index (κ1) is 17.5. The number of rotatable bonds is 6. The number of para-hydroxylation sites is 1. The number of hydrogen-bond donors (Lipinski definition) is 2. The quantitative estimate of drug-likeness (QED) is 0.854. The number of nitrogens with one attached hydrogen (secondary N) is 2. The molecule has 5 nitrogen and oxygen atoms in total. The molecule has 0 unspecified atom stereocenters. The van der Waals surface area contributed by atoms with Gasteiger partial charge in [0.2, 0.25) is 0 Å². The fourth-order valence-corrected chi connectivity index (χ4v) is 2.22. The number of amides is 2. The molecule has 0 radical (unpaired) electrons. The summed E-state index contributed by atoms with van der Waals surface area (Å²) in [6.07, 6.45) is 0.0294. The van der Waals surface area contributed by atoms with Crippen LogP contribution in [-0.2, 0) is 0 Å². The lowest BCUT2D eigenvalue weighted by Crippen LogP contribution is -2.24. The Labute approximate surface area is 142 Å². The Kier molecular flexibility index (Phi) is 5.95. The van der Waals surface area contributed by atoms with Gasteiger partial charge in [0.25, 0.3) is 11.8 Å². The van der Waals surface area contributed by atoms with Crippen LogP contribution >= 0.6 is 0 Å². The summed E-state index contributed by atoms with van der Waals surface area (Å²) in [5.41, 5.74) is 1.38. The number of anilines is 1. The number of carbonyl (C=O) groups is 2. The summed E-state index contributed by atoms with van der Waals surface area (Å²) in [7, 11) is 0. The Morgan fingerprint density at radius 3 is 2.50 bits per heavy atom. The third kappa shape index (κ3) is 4.59. The summed E-state index contributed by atoms with van der Waals surface area (Å²) in [5.74, 6) is 0.126. The maximum atomic E-state index is 12.5. The largest absolute Gasteiger partial charge is 0.491 e. The molecule has 2 rings (SSSR count). The first-order chi connectivity index (χ1) is 11.5. The molecule has 0 saturated carbocycles. The molecule has 0 fully saturated rings. The summed E-state index contributed by atoms with van der Waals surface area (Å²) in [4.78, 5) is 24.6. The monoisotopic (exact) mass is 326 g/mol. The zero-order chi connectivity index (χ0) is 17.5. The third-order valence-corrected chi connectivity index (χ3v) is 3.23. The van der Waals surface area contributed by atoms with Crippen LogP contribution in [0, 0.1) is 0 Å². The van der Waals surface area contributed by atoms with Crippen LogP contribution in [0.1, 0.15) is 41.5 Å². The first-order valence-corrected chi connectivity index (χ1v) is 7.96. The highest BCUT2D eigenvalue weighted by Crippen LogP contribution is 2.19. The lowest BCUT2D eigenvalue weighted by Gasteiger charge is -2.13. The van der Waals surface area contributed by atoms with Gasteiger partial charge in [0, 0.05) is 12.1 Å². The molecule has 0 bridgehead atoms. The average Bonchev–Trinajstić information content (AvgIpc) is 2.55. The van der Waals surface area contributed by atoms with E-state index in [2.05, 4.69) is 10.6 Å². The number of hydrogen-bond acceptors (Lipinski definition) is 3. The van der Waals surface area contributed by atoms with Crippen LogP contribution in [0.4, 0.5) is 5.69 Å². The zero-order valence-corrected chi connectivity index (χ0v) is 14.1. The zero-order valence-electron chi connectivity index (χ0n) is 14.1. The second-order valence-corrected chi connectivity index (χ2v) is 5.55. The van der Waals surface area contributed by atoms with E-state index in [1.807, 2.05) is 20.8 Å². The molecule has 2 aromatic carbocycles. The van der Waals surface area contributed by atoms with Gasteiger partial charge in [0.1, 0.15) is 5.75 Å². The van der Waals surface area contributed by atoms with Crippen molar-refractivity contribution in [2.75, 3.05) is 11.9 Å². The summed E-state index contributed by atoms with van der Waals surface area (Å²) in [6, 6.07) is 13.9. The van der Waals surface area contributed by atoms with Gasteiger partial charge in [-0.05, 0) is 51.1 Å². The van der Waals surface area contributed by atoms with Gasteiger partial charge in [-0.25, -0.2) is 0 Å². The molecule has 0 heterocycles. The van der Waals surface area contributed by atoms with E-state index in [1.165, 1.54) is 0 Å². The number of carbonyl (C=O) groups excluding carboxylic acids is 2. The number of ether oxygens (including phenoxy) is 1. The lowest BCUT2D eigenvalue weighted by molar-refractivity contribution is 0.0956. The van der Waals surface area contributed by atoms with E-state index in [-0.39, 0.29) is 17.9 Å². The minimum Gasteiger partial charge on any atom is -0.491 e. The van der Waals surface area contributed by atoms with Crippen LogP contribution in [-0.4, -0.2) is 24.5 Å². The lowest BCUT2D eigenvalue weighted by atomic mass is 10.1. The second-order valence-electron chi connectivity index (χ2n) is 5.55. The minimum absolute atomic E-state index is 0.0294. The Morgan fingerprint density at radius 2 is 1.79 bits per heavy atom. The van der Waals surface area contributed by atoms with E-state index in [9.17, 15) is 9.59 Å². The predicted octanol–water partition coefficient (Wildman–Crippen LogP) is 3.48. The van der Waals surface area contributed by atoms with Crippen molar-refractivity contribution >= 4 is 17.5 Å². The summed E-state index contributed by atoms with van der Waals surface area (Å²) in [6.45, 7) is 6.22. The van der Waals surface area contributed by atoms with Crippen LogP contribution in [0.2, 0.25) is 0 Å². The highest BCUT2D eigenvalue weighted by Gasteiger charge is 2.14. The normalized spacial score (nSPS) is 10.3. The maximum absolute atomic E-state index is 12.5. The van der Waals surface area contributed by atoms with Gasteiger partial charge in [-0.2, -0.15) is 0 Å². The molecule has 0 saturated heterocycles. The predicted molar refractivity (Wildman–Crippen MR) is 94.6 cm³/mol. The van der Waals surface area contributed by atoms with E-state index >= 15 is 0 Å². The van der Waals surface area contributed by atoms with Gasteiger partial charge < -0.3 is 15.4 Å². The van der Waals surface area contributed by atoms with Gasteiger partial charge in [-0.15, -0.1) is 0 Å². The van der Waals surface area contributed by atoms with Crippen molar-refractivity contribution in [1.29, 1.82) is 0 Å². The van der Waals surface area contributed by atoms with E-state index in [1.54, 1.807) is 48.5 Å². The van der Waals surface area contributed by atoms with Crippen LogP contribution in [0.3, 0.4) is 0 Å². The van der Waals surface area contributed by atoms with Crippen LogP contribution in [0.15, 0.2) is 48.5 Å². The summed E-state index contributed by atoms with van der Waals surface area (Å²) >= 11 is 0. The van der Waals surface area contributed by atoms with Gasteiger partial charge in [0.15, 0.2) is 0 Å². The fraction of sp³-hybridized carbons (Fsp3) is 0.263. The molecular weight excluding hydrogens is 304 g/mol. The average molecular weight is 326 g/mol. The smallest absolute Gasteiger partial charge is 0.255 e. The molecule has 0 aliphatic carbocycles. The molecule has 0 aliphatic rings. The van der Waals surface area contributed by atoms with Crippen molar-refractivity contribution in [3.8, 4) is 5.75 Å². The van der Waals surface area contributed by atoms with Gasteiger partial charge in [0.05, 0.1) is 17.4 Å². The SMILES string of the molecule is CCNC(=O)c1ccccc1NC(=O)c1cccc(OC(C)C)c1. The van der Waals surface area contributed by atoms with Gasteiger partial charge >= 0.3 is 0 Å². The molecule has 0 aliphatic heterocycles. The summed E-state index contributed by atoms with van der Waals surface area (Å²) < 4.78 is 5.61. The van der Waals surface area contributed by atoms with Gasteiger partial charge in [-0.3, -0.25) is 9.59 Å². The second kappa shape index (κ2) is 8.15. The van der Waals surface area contributed by atoms with Crippen LogP contribution in [0.25, 0.3) is 0 Å².